The zero-order chi connectivity index (χ0) is 9.23. The van der Waals surface area contributed by atoms with Crippen LogP contribution in [0, 0.1) is 0 Å². The number of amides is 1. The van der Waals surface area contributed by atoms with Crippen molar-refractivity contribution in [2.24, 2.45) is 0 Å². The van der Waals surface area contributed by atoms with E-state index in [9.17, 15) is 4.79 Å². The van der Waals surface area contributed by atoms with Crippen LogP contribution in [0.2, 0.25) is 0 Å². The molecule has 72 valence electrons. The lowest BCUT2D eigenvalue weighted by molar-refractivity contribution is -0.122. The minimum absolute atomic E-state index is 0.00906. The monoisotopic (exact) mass is 175 g/mol. The van der Waals surface area contributed by atoms with Crippen LogP contribution in [0.3, 0.4) is 0 Å². The molecule has 0 aromatic carbocycles. The zero-order valence-corrected chi connectivity index (χ0v) is 7.51. The summed E-state index contributed by atoms with van der Waals surface area (Å²) in [5.41, 5.74) is 0. The van der Waals surface area contributed by atoms with E-state index in [1.54, 1.807) is 0 Å². The standard InChI is InChI=1S/C8H17NO3/c1-2-4-9-8(11)3-6-12-7-5-10/h10H,2-7H2,1H3,(H,9,11). The molecule has 0 atom stereocenters. The summed E-state index contributed by atoms with van der Waals surface area (Å²) in [4.78, 5) is 10.9. The fourth-order valence-electron chi connectivity index (χ4n) is 0.684. The second kappa shape index (κ2) is 8.49. The first-order valence-electron chi connectivity index (χ1n) is 4.26. The van der Waals surface area contributed by atoms with Crippen molar-refractivity contribution in [1.29, 1.82) is 0 Å². The van der Waals surface area contributed by atoms with E-state index in [0.29, 0.717) is 19.6 Å². The number of nitrogens with one attached hydrogen (secondary N) is 1. The van der Waals surface area contributed by atoms with Gasteiger partial charge in [0.2, 0.25) is 5.91 Å². The fourth-order valence-corrected chi connectivity index (χ4v) is 0.684. The lowest BCUT2D eigenvalue weighted by atomic mass is 10.4. The molecule has 0 unspecified atom stereocenters. The maximum absolute atomic E-state index is 10.9. The van der Waals surface area contributed by atoms with Gasteiger partial charge in [-0.05, 0) is 6.42 Å². The summed E-state index contributed by atoms with van der Waals surface area (Å²) >= 11 is 0. The highest BCUT2D eigenvalue weighted by atomic mass is 16.5. The number of rotatable bonds is 7. The number of carbonyl (C=O) groups excluding carboxylic acids is 1. The van der Waals surface area contributed by atoms with Gasteiger partial charge in [-0.1, -0.05) is 6.92 Å². The molecule has 0 aliphatic heterocycles. The van der Waals surface area contributed by atoms with Crippen LogP contribution in [0.15, 0.2) is 0 Å². The van der Waals surface area contributed by atoms with Gasteiger partial charge < -0.3 is 15.2 Å². The Morgan fingerprint density at radius 3 is 2.83 bits per heavy atom. The molecule has 0 fully saturated rings. The van der Waals surface area contributed by atoms with E-state index in [4.69, 9.17) is 9.84 Å². The van der Waals surface area contributed by atoms with Crippen LogP contribution < -0.4 is 5.32 Å². The van der Waals surface area contributed by atoms with E-state index >= 15 is 0 Å². The molecule has 0 radical (unpaired) electrons. The van der Waals surface area contributed by atoms with Crippen molar-refractivity contribution in [2.45, 2.75) is 19.8 Å². The summed E-state index contributed by atoms with van der Waals surface area (Å²) in [6, 6.07) is 0. The molecular formula is C8H17NO3. The summed E-state index contributed by atoms with van der Waals surface area (Å²) in [7, 11) is 0. The van der Waals surface area contributed by atoms with Gasteiger partial charge in [0.25, 0.3) is 0 Å². The number of hydrogen-bond donors (Lipinski definition) is 2. The van der Waals surface area contributed by atoms with Crippen molar-refractivity contribution in [3.63, 3.8) is 0 Å². The first-order chi connectivity index (χ1) is 5.81. The maximum atomic E-state index is 10.9. The Labute approximate surface area is 72.9 Å². The summed E-state index contributed by atoms with van der Waals surface area (Å²) < 4.78 is 4.92. The summed E-state index contributed by atoms with van der Waals surface area (Å²) in [6.07, 6.45) is 1.32. The molecule has 1 amide bonds. The van der Waals surface area contributed by atoms with Crippen LogP contribution in [0.5, 0.6) is 0 Å². The highest BCUT2D eigenvalue weighted by Gasteiger charge is 1.98. The van der Waals surface area contributed by atoms with Gasteiger partial charge in [-0.15, -0.1) is 0 Å². The number of aliphatic hydroxyl groups is 1. The Morgan fingerprint density at radius 2 is 2.25 bits per heavy atom. The molecule has 0 heterocycles. The van der Waals surface area contributed by atoms with E-state index in [2.05, 4.69) is 5.32 Å². The van der Waals surface area contributed by atoms with Gasteiger partial charge in [-0.2, -0.15) is 0 Å². The van der Waals surface area contributed by atoms with Gasteiger partial charge in [0.05, 0.1) is 19.8 Å². The average molecular weight is 175 g/mol. The zero-order valence-electron chi connectivity index (χ0n) is 7.51. The molecule has 0 aromatic heterocycles. The SMILES string of the molecule is CCCNC(=O)CCOCCO. The summed E-state index contributed by atoms with van der Waals surface area (Å²) in [5.74, 6) is 0.00906. The Morgan fingerprint density at radius 1 is 1.50 bits per heavy atom. The van der Waals surface area contributed by atoms with E-state index in [-0.39, 0.29) is 12.5 Å². The average Bonchev–Trinajstić information content (AvgIpc) is 2.09. The van der Waals surface area contributed by atoms with Crippen LogP contribution in [0.4, 0.5) is 0 Å². The number of aliphatic hydroxyl groups excluding tert-OH is 1. The van der Waals surface area contributed by atoms with Crippen LogP contribution in [-0.4, -0.2) is 37.4 Å². The highest BCUT2D eigenvalue weighted by molar-refractivity contribution is 5.75. The molecule has 0 aromatic rings. The van der Waals surface area contributed by atoms with Gasteiger partial charge in [-0.3, -0.25) is 4.79 Å². The second-order valence-electron chi connectivity index (χ2n) is 2.44. The molecular weight excluding hydrogens is 158 g/mol. The molecule has 12 heavy (non-hydrogen) atoms. The van der Waals surface area contributed by atoms with E-state index in [1.807, 2.05) is 6.92 Å². The summed E-state index contributed by atoms with van der Waals surface area (Å²) in [5, 5.41) is 11.1. The van der Waals surface area contributed by atoms with Crippen molar-refractivity contribution < 1.29 is 14.6 Å². The van der Waals surface area contributed by atoms with Gasteiger partial charge in [0, 0.05) is 13.0 Å². The Balaban J connectivity index is 3.08. The van der Waals surface area contributed by atoms with Crippen LogP contribution >= 0.6 is 0 Å². The van der Waals surface area contributed by atoms with E-state index in [1.165, 1.54) is 0 Å². The third-order valence-corrected chi connectivity index (χ3v) is 1.28. The molecule has 2 N–H and O–H groups in total. The third kappa shape index (κ3) is 7.50. The summed E-state index contributed by atoms with van der Waals surface area (Å²) in [6.45, 7) is 3.43. The highest BCUT2D eigenvalue weighted by Crippen LogP contribution is 1.83. The lowest BCUT2D eigenvalue weighted by Gasteiger charge is -2.03. The van der Waals surface area contributed by atoms with Gasteiger partial charge in [-0.25, -0.2) is 0 Å². The molecule has 4 nitrogen and oxygen atoms in total. The predicted molar refractivity (Wildman–Crippen MR) is 45.8 cm³/mol. The van der Waals surface area contributed by atoms with E-state index < -0.39 is 0 Å². The van der Waals surface area contributed by atoms with Crippen molar-refractivity contribution in [1.82, 2.24) is 5.32 Å². The molecule has 4 heteroatoms. The van der Waals surface area contributed by atoms with Crippen molar-refractivity contribution in [3.8, 4) is 0 Å². The number of hydrogen-bond acceptors (Lipinski definition) is 3. The third-order valence-electron chi connectivity index (χ3n) is 1.28. The van der Waals surface area contributed by atoms with Gasteiger partial charge in [0.1, 0.15) is 0 Å². The minimum Gasteiger partial charge on any atom is -0.394 e. The first kappa shape index (κ1) is 11.4. The van der Waals surface area contributed by atoms with Crippen LogP contribution in [0.1, 0.15) is 19.8 Å². The predicted octanol–water partition coefficient (Wildman–Crippen LogP) is -0.0884. The van der Waals surface area contributed by atoms with Gasteiger partial charge >= 0.3 is 0 Å². The largest absolute Gasteiger partial charge is 0.394 e. The topological polar surface area (TPSA) is 58.6 Å². The molecule has 0 aliphatic carbocycles. The van der Waals surface area contributed by atoms with Crippen molar-refractivity contribution in [3.05, 3.63) is 0 Å². The van der Waals surface area contributed by atoms with Crippen LogP contribution in [-0.2, 0) is 9.53 Å². The Bertz CT molecular complexity index is 117. The normalized spacial score (nSPS) is 9.83. The molecule has 0 bridgehead atoms. The molecule has 0 saturated heterocycles. The first-order valence-corrected chi connectivity index (χ1v) is 4.26. The van der Waals surface area contributed by atoms with Gasteiger partial charge in [0.15, 0.2) is 0 Å². The van der Waals surface area contributed by atoms with Crippen molar-refractivity contribution >= 4 is 5.91 Å². The number of carbonyl (C=O) groups is 1. The fraction of sp³-hybridized carbons (Fsp3) is 0.875. The Hall–Kier alpha value is -0.610. The molecule has 0 saturated carbocycles. The van der Waals surface area contributed by atoms with Crippen molar-refractivity contribution in [2.75, 3.05) is 26.4 Å². The Kier molecular flexibility index (Phi) is 8.05. The smallest absolute Gasteiger partial charge is 0.222 e. The quantitative estimate of drug-likeness (QED) is 0.532. The molecule has 0 rings (SSSR count). The molecule has 0 spiro atoms. The van der Waals surface area contributed by atoms with E-state index in [0.717, 1.165) is 13.0 Å². The molecule has 0 aliphatic rings. The maximum Gasteiger partial charge on any atom is 0.222 e. The minimum atomic E-state index is 0.00906. The van der Waals surface area contributed by atoms with Crippen LogP contribution in [0.25, 0.3) is 0 Å². The second-order valence-corrected chi connectivity index (χ2v) is 2.44. The lowest BCUT2D eigenvalue weighted by Crippen LogP contribution is -2.25. The number of ether oxygens (including phenoxy) is 1.